The minimum Gasteiger partial charge on any atom is -0.274 e. The lowest BCUT2D eigenvalue weighted by Crippen LogP contribution is -2.17. The molecule has 0 aromatic heterocycles. The van der Waals surface area contributed by atoms with E-state index in [0.29, 0.717) is 21.9 Å². The van der Waals surface area contributed by atoms with Crippen LogP contribution in [0.2, 0.25) is 5.02 Å². The third kappa shape index (κ3) is 3.67. The lowest BCUT2D eigenvalue weighted by Gasteiger charge is -2.09. The number of nitro groups is 1. The quantitative estimate of drug-likeness (QED) is 0.534. The van der Waals surface area contributed by atoms with Crippen molar-refractivity contribution in [2.24, 2.45) is 5.10 Å². The maximum atomic E-state index is 11.1. The van der Waals surface area contributed by atoms with Gasteiger partial charge in [-0.1, -0.05) is 41.9 Å². The van der Waals surface area contributed by atoms with Gasteiger partial charge in [0.15, 0.2) is 0 Å². The number of carbonyl (C=O) groups is 1. The highest BCUT2D eigenvalue weighted by Gasteiger charge is 2.16. The van der Waals surface area contributed by atoms with E-state index >= 15 is 0 Å². The number of amides is 1. The lowest BCUT2D eigenvalue weighted by atomic mass is 10.0. The van der Waals surface area contributed by atoms with Gasteiger partial charge in [-0.05, 0) is 6.07 Å². The van der Waals surface area contributed by atoms with E-state index in [1.54, 1.807) is 24.3 Å². The maximum absolute atomic E-state index is 11.1. The summed E-state index contributed by atoms with van der Waals surface area (Å²) in [7, 11) is 0. The fourth-order valence-corrected chi connectivity index (χ4v) is 2.03. The van der Waals surface area contributed by atoms with E-state index in [9.17, 15) is 14.9 Å². The van der Waals surface area contributed by atoms with Crippen LogP contribution in [0.4, 0.5) is 5.69 Å². The average molecular weight is 318 g/mol. The fraction of sp³-hybridized carbons (Fsp3) is 0.0667. The van der Waals surface area contributed by atoms with Gasteiger partial charge in [0.2, 0.25) is 5.91 Å². The molecule has 0 aliphatic heterocycles. The molecule has 112 valence electrons. The number of rotatable bonds is 4. The number of benzene rings is 2. The van der Waals surface area contributed by atoms with Crippen molar-refractivity contribution in [2.45, 2.75) is 6.92 Å². The van der Waals surface area contributed by atoms with Crippen LogP contribution in [0.5, 0.6) is 0 Å². The van der Waals surface area contributed by atoms with Gasteiger partial charge in [0.1, 0.15) is 0 Å². The molecule has 7 heteroatoms. The van der Waals surface area contributed by atoms with Crippen molar-refractivity contribution in [2.75, 3.05) is 0 Å². The predicted molar refractivity (Wildman–Crippen MR) is 84.0 cm³/mol. The number of hydrogen-bond donors (Lipinski definition) is 1. The molecule has 22 heavy (non-hydrogen) atoms. The van der Waals surface area contributed by atoms with Crippen molar-refractivity contribution in [1.82, 2.24) is 5.43 Å². The number of halogens is 1. The molecule has 2 rings (SSSR count). The molecule has 1 amide bonds. The molecule has 2 aromatic carbocycles. The van der Waals surface area contributed by atoms with Crippen LogP contribution >= 0.6 is 11.6 Å². The van der Waals surface area contributed by atoms with Gasteiger partial charge in [-0.25, -0.2) is 5.43 Å². The Hall–Kier alpha value is -2.73. The van der Waals surface area contributed by atoms with Gasteiger partial charge in [0.25, 0.3) is 5.69 Å². The van der Waals surface area contributed by atoms with Crippen molar-refractivity contribution >= 4 is 28.9 Å². The van der Waals surface area contributed by atoms with Crippen molar-refractivity contribution < 1.29 is 9.72 Å². The summed E-state index contributed by atoms with van der Waals surface area (Å²) in [5, 5.41) is 15.3. The minimum atomic E-state index is -0.513. The Balaban J connectivity index is 2.59. The zero-order chi connectivity index (χ0) is 16.1. The lowest BCUT2D eigenvalue weighted by molar-refractivity contribution is -0.384. The molecule has 0 saturated heterocycles. The van der Waals surface area contributed by atoms with E-state index in [2.05, 4.69) is 10.5 Å². The van der Waals surface area contributed by atoms with Crippen LogP contribution in [0.25, 0.3) is 0 Å². The van der Waals surface area contributed by atoms with Crippen LogP contribution in [0.15, 0.2) is 53.6 Å². The zero-order valence-corrected chi connectivity index (χ0v) is 12.4. The molecule has 0 radical (unpaired) electrons. The highest BCUT2D eigenvalue weighted by Crippen LogP contribution is 2.25. The van der Waals surface area contributed by atoms with Crippen molar-refractivity contribution in [1.29, 1.82) is 0 Å². The van der Waals surface area contributed by atoms with Gasteiger partial charge in [-0.15, -0.1) is 0 Å². The number of carbonyl (C=O) groups excluding carboxylic acids is 1. The minimum absolute atomic E-state index is 0.106. The standard InChI is InChI=1S/C15H12ClN3O3/c1-10(20)17-18-15(11-5-3-2-4-6-11)13-9-12(19(21)22)7-8-14(13)16/h2-9H,1H3,(H,17,20)/b18-15+. The fourth-order valence-electron chi connectivity index (χ4n) is 1.82. The van der Waals surface area contributed by atoms with E-state index in [0.717, 1.165) is 0 Å². The second-order valence-electron chi connectivity index (χ2n) is 4.42. The van der Waals surface area contributed by atoms with E-state index < -0.39 is 4.92 Å². The highest BCUT2D eigenvalue weighted by molar-refractivity contribution is 6.35. The molecule has 6 nitrogen and oxygen atoms in total. The summed E-state index contributed by atoms with van der Waals surface area (Å²) < 4.78 is 0. The first-order chi connectivity index (χ1) is 10.5. The molecule has 0 spiro atoms. The largest absolute Gasteiger partial charge is 0.274 e. The number of nitrogens with one attached hydrogen (secondary N) is 1. The van der Waals surface area contributed by atoms with Crippen LogP contribution in [-0.4, -0.2) is 16.5 Å². The normalized spacial score (nSPS) is 11.1. The first-order valence-electron chi connectivity index (χ1n) is 6.33. The first kappa shape index (κ1) is 15.7. The summed E-state index contributed by atoms with van der Waals surface area (Å²) in [5.74, 6) is -0.352. The summed E-state index contributed by atoms with van der Waals surface area (Å²) >= 11 is 6.14. The Morgan fingerprint density at radius 3 is 2.50 bits per heavy atom. The monoisotopic (exact) mass is 317 g/mol. The summed E-state index contributed by atoms with van der Waals surface area (Å²) in [6, 6.07) is 13.0. The van der Waals surface area contributed by atoms with Crippen LogP contribution in [0, 0.1) is 10.1 Å². The average Bonchev–Trinajstić information content (AvgIpc) is 2.49. The van der Waals surface area contributed by atoms with Gasteiger partial charge in [0.05, 0.1) is 15.7 Å². The summed E-state index contributed by atoms with van der Waals surface area (Å²) in [4.78, 5) is 21.5. The van der Waals surface area contributed by atoms with E-state index in [1.807, 2.05) is 6.07 Å². The van der Waals surface area contributed by atoms with Crippen LogP contribution in [-0.2, 0) is 4.79 Å². The topological polar surface area (TPSA) is 84.6 Å². The number of nitrogens with zero attached hydrogens (tertiary/aromatic N) is 2. The Morgan fingerprint density at radius 2 is 1.91 bits per heavy atom. The molecule has 0 saturated carbocycles. The molecule has 0 bridgehead atoms. The van der Waals surface area contributed by atoms with Crippen LogP contribution in [0.3, 0.4) is 0 Å². The first-order valence-corrected chi connectivity index (χ1v) is 6.71. The summed E-state index contributed by atoms with van der Waals surface area (Å²) in [6.45, 7) is 1.32. The molecular formula is C15H12ClN3O3. The van der Waals surface area contributed by atoms with E-state index in [-0.39, 0.29) is 11.6 Å². The predicted octanol–water partition coefficient (Wildman–Crippen LogP) is 3.14. The molecule has 0 fully saturated rings. The summed E-state index contributed by atoms with van der Waals surface area (Å²) in [6.07, 6.45) is 0. The van der Waals surface area contributed by atoms with Gasteiger partial charge < -0.3 is 0 Å². The van der Waals surface area contributed by atoms with Crippen molar-refractivity contribution in [3.8, 4) is 0 Å². The van der Waals surface area contributed by atoms with E-state index in [1.165, 1.54) is 25.1 Å². The molecule has 0 aliphatic carbocycles. The number of hydrazone groups is 1. The van der Waals surface area contributed by atoms with Crippen molar-refractivity contribution in [3.05, 3.63) is 74.8 Å². The number of non-ortho nitro benzene ring substituents is 1. The molecule has 0 unspecified atom stereocenters. The third-order valence-electron chi connectivity index (χ3n) is 2.79. The number of nitro benzene ring substituents is 1. The molecule has 0 atom stereocenters. The Bertz CT molecular complexity index is 745. The van der Waals surface area contributed by atoms with Gasteiger partial charge >= 0.3 is 0 Å². The molecular weight excluding hydrogens is 306 g/mol. The van der Waals surface area contributed by atoms with Crippen LogP contribution in [0.1, 0.15) is 18.1 Å². The second kappa shape index (κ2) is 6.82. The molecule has 0 heterocycles. The second-order valence-corrected chi connectivity index (χ2v) is 4.82. The number of hydrogen-bond acceptors (Lipinski definition) is 4. The smallest absolute Gasteiger partial charge is 0.270 e. The van der Waals surface area contributed by atoms with Gasteiger partial charge in [-0.3, -0.25) is 14.9 Å². The Labute approximate surface area is 131 Å². The van der Waals surface area contributed by atoms with E-state index in [4.69, 9.17) is 11.6 Å². The summed E-state index contributed by atoms with van der Waals surface area (Å²) in [5.41, 5.74) is 3.64. The van der Waals surface area contributed by atoms with Gasteiger partial charge in [-0.2, -0.15) is 5.10 Å². The van der Waals surface area contributed by atoms with Gasteiger partial charge in [0, 0.05) is 30.2 Å². The SMILES string of the molecule is CC(=O)N/N=C(\c1ccccc1)c1cc([N+](=O)[O-])ccc1Cl. The molecule has 0 aliphatic rings. The highest BCUT2D eigenvalue weighted by atomic mass is 35.5. The molecule has 1 N–H and O–H groups in total. The zero-order valence-electron chi connectivity index (χ0n) is 11.6. The Kier molecular flexibility index (Phi) is 4.85. The van der Waals surface area contributed by atoms with Crippen molar-refractivity contribution in [3.63, 3.8) is 0 Å². The third-order valence-corrected chi connectivity index (χ3v) is 3.12. The Morgan fingerprint density at radius 1 is 1.23 bits per heavy atom. The maximum Gasteiger partial charge on any atom is 0.270 e. The molecule has 2 aromatic rings. The van der Waals surface area contributed by atoms with Crippen LogP contribution < -0.4 is 5.43 Å².